The summed E-state index contributed by atoms with van der Waals surface area (Å²) in [5.74, 6) is 0. The van der Waals surface area contributed by atoms with Crippen LogP contribution in [-0.2, 0) is 47.4 Å². The molecule has 26 atom stereocenters. The first-order valence-corrected chi connectivity index (χ1v) is 25.5. The fourth-order valence-corrected chi connectivity index (χ4v) is 9.24. The Morgan fingerprint density at radius 1 is 0.467 bits per heavy atom. The van der Waals surface area contributed by atoms with Crippen LogP contribution in [0.3, 0.4) is 0 Å². The summed E-state index contributed by atoms with van der Waals surface area (Å²) in [5, 5.41) is 157. The first-order chi connectivity index (χ1) is 35.4. The van der Waals surface area contributed by atoms with Crippen LogP contribution in [0.25, 0.3) is 0 Å². The highest BCUT2D eigenvalue weighted by atomic mass is 16.8. The molecule has 25 nitrogen and oxygen atoms in total. The molecular formula is C50H84O25. The highest BCUT2D eigenvalue weighted by molar-refractivity contribution is 5.08. The van der Waals surface area contributed by atoms with Crippen LogP contribution < -0.4 is 0 Å². The van der Waals surface area contributed by atoms with Crippen molar-refractivity contribution in [3.63, 3.8) is 0 Å². The highest BCUT2D eigenvalue weighted by Gasteiger charge is 2.54. The van der Waals surface area contributed by atoms with Crippen molar-refractivity contribution in [2.45, 2.75) is 239 Å². The van der Waals surface area contributed by atoms with Crippen molar-refractivity contribution in [1.29, 1.82) is 0 Å². The maximum atomic E-state index is 11.3. The Morgan fingerprint density at radius 2 is 0.907 bits per heavy atom. The largest absolute Gasteiger partial charge is 0.394 e. The Balaban J connectivity index is 1.06. The van der Waals surface area contributed by atoms with Gasteiger partial charge in [0.25, 0.3) is 0 Å². The molecule has 0 bridgehead atoms. The van der Waals surface area contributed by atoms with Gasteiger partial charge in [0.15, 0.2) is 31.5 Å². The monoisotopic (exact) mass is 1080 g/mol. The third kappa shape index (κ3) is 16.3. The van der Waals surface area contributed by atoms with E-state index in [0.29, 0.717) is 19.3 Å². The number of ether oxygens (including phenoxy) is 10. The van der Waals surface area contributed by atoms with Crippen molar-refractivity contribution in [2.24, 2.45) is 0 Å². The molecule has 0 aromatic heterocycles. The Labute approximate surface area is 436 Å². The van der Waals surface area contributed by atoms with Gasteiger partial charge in [0.2, 0.25) is 0 Å². The number of hydrogen-bond acceptors (Lipinski definition) is 25. The molecule has 0 radical (unpaired) electrons. The molecule has 0 aromatic carbocycles. The summed E-state index contributed by atoms with van der Waals surface area (Å²) in [6.07, 6.45) is -26.3. The number of aliphatic hydroxyl groups is 15. The third-order valence-electron chi connectivity index (χ3n) is 14.4. The van der Waals surface area contributed by atoms with Gasteiger partial charge >= 0.3 is 0 Å². The van der Waals surface area contributed by atoms with Crippen LogP contribution in [0.4, 0.5) is 0 Å². The average molecular weight is 1090 g/mol. The van der Waals surface area contributed by atoms with E-state index in [1.807, 2.05) is 26.8 Å². The van der Waals surface area contributed by atoms with Gasteiger partial charge in [-0.25, -0.2) is 0 Å². The maximum Gasteiger partial charge on any atom is 0.188 e. The van der Waals surface area contributed by atoms with Gasteiger partial charge < -0.3 is 124 Å². The summed E-state index contributed by atoms with van der Waals surface area (Å²) >= 11 is 0. The molecule has 5 aliphatic rings. The predicted molar refractivity (Wildman–Crippen MR) is 257 cm³/mol. The van der Waals surface area contributed by atoms with Crippen molar-refractivity contribution in [3.8, 4) is 0 Å². The fourth-order valence-electron chi connectivity index (χ4n) is 9.24. The number of hydrogen-bond donors (Lipinski definition) is 15. The first-order valence-electron chi connectivity index (χ1n) is 25.5. The number of allylic oxidation sites excluding steroid dienone is 5. The molecule has 25 heteroatoms. The molecule has 0 saturated carbocycles. The van der Waals surface area contributed by atoms with Crippen molar-refractivity contribution in [1.82, 2.24) is 0 Å². The van der Waals surface area contributed by atoms with Gasteiger partial charge in [0, 0.05) is 0 Å². The Hall–Kier alpha value is -2.04. The topological polar surface area (TPSA) is 396 Å². The number of aliphatic hydroxyl groups excluding tert-OH is 15. The van der Waals surface area contributed by atoms with E-state index < -0.39 is 179 Å². The lowest BCUT2D eigenvalue weighted by molar-refractivity contribution is -0.375. The molecule has 0 unspecified atom stereocenters. The van der Waals surface area contributed by atoms with Crippen LogP contribution in [-0.4, -0.2) is 262 Å². The number of rotatable bonds is 24. The van der Waals surface area contributed by atoms with Crippen molar-refractivity contribution < 1.29 is 124 Å². The van der Waals surface area contributed by atoms with E-state index in [1.54, 1.807) is 6.92 Å². The molecule has 5 fully saturated rings. The zero-order valence-corrected chi connectivity index (χ0v) is 43.3. The van der Waals surface area contributed by atoms with Gasteiger partial charge in [-0.05, 0) is 80.1 Å². The van der Waals surface area contributed by atoms with Crippen LogP contribution in [0.5, 0.6) is 0 Å². The second-order valence-electron chi connectivity index (χ2n) is 20.5. The molecule has 0 amide bonds. The Morgan fingerprint density at radius 3 is 1.47 bits per heavy atom. The summed E-state index contributed by atoms with van der Waals surface area (Å²) in [5.41, 5.74) is 1.99. The maximum absolute atomic E-state index is 11.3. The minimum Gasteiger partial charge on any atom is -0.394 e. The first kappa shape index (κ1) is 63.8. The van der Waals surface area contributed by atoms with E-state index in [1.165, 1.54) is 19.9 Å². The van der Waals surface area contributed by atoms with E-state index in [4.69, 9.17) is 47.4 Å². The molecule has 5 rings (SSSR count). The molecule has 5 saturated heterocycles. The SMILES string of the molecule is C=C[C@](C)(CC/C=C(\C)CC/C=C(\C)CC/C=C(/C)CO[C@@H]1O[C@@H](C)[C@H](O)[C@@H](O[C@@H]2O[C@H](CO[C@@H]3O[C@@H](C)[C@H](O)[C@@H](O)[C@H]3O)[C@@H](O)[C@H](O)[C@H]2O)[C@H]1O)O[C@@H]1O[C@H](CO)[C@@H](O)[C@H](O)[C@H]1O[C@@H]1O[C@H](CO)[C@@H](O)[C@H](O)[C@H]1O. The van der Waals surface area contributed by atoms with Gasteiger partial charge in [-0.15, -0.1) is 6.58 Å². The molecule has 434 valence electrons. The van der Waals surface area contributed by atoms with Crippen LogP contribution in [0.1, 0.15) is 80.1 Å². The van der Waals surface area contributed by atoms with E-state index >= 15 is 0 Å². The standard InChI is InChI=1S/C50H84O25/c1-8-50(7,75-49-44(38(61)33(56)28(19-52)71-49)74-47-40(63)36(59)32(55)27(18-51)70-47)17-11-16-23(3)13-9-12-22(2)14-10-15-24(4)20-66-46-42(65)43(31(54)26(6)69-46)73-48-41(64)37(60)34(57)29(72-48)21-67-45-39(62)35(58)30(53)25(5)68-45/h8,12,15-16,25-49,51-65H,1,9-11,13-14,17-21H2,2-7H3/b22-12+,23-16+,24-15-/t25-,26-,27+,28+,29+,30-,31-,32+,33+,34+,35+,36-,37-,38-,39+,40+,41+,42+,43+,44+,45+,46+,47-,48-,49-,50+/m0/s1. The van der Waals surface area contributed by atoms with E-state index in [-0.39, 0.29) is 6.61 Å². The zero-order valence-electron chi connectivity index (χ0n) is 43.3. The molecule has 5 aliphatic heterocycles. The second kappa shape index (κ2) is 28.9. The van der Waals surface area contributed by atoms with Gasteiger partial charge in [0.1, 0.15) is 110 Å². The molecule has 15 N–H and O–H groups in total. The molecule has 5 heterocycles. The molecular weight excluding hydrogens is 1000 g/mol. The Bertz CT molecular complexity index is 1840. The van der Waals surface area contributed by atoms with E-state index in [9.17, 15) is 76.6 Å². The minimum absolute atomic E-state index is 0.0463. The average Bonchev–Trinajstić information content (AvgIpc) is 3.38. The summed E-state index contributed by atoms with van der Waals surface area (Å²) in [6.45, 7) is 12.6. The predicted octanol–water partition coefficient (Wildman–Crippen LogP) is -3.73. The molecule has 75 heavy (non-hydrogen) atoms. The minimum atomic E-state index is -1.84. The van der Waals surface area contributed by atoms with Gasteiger partial charge in [-0.1, -0.05) is 41.0 Å². The molecule has 0 spiro atoms. The van der Waals surface area contributed by atoms with Gasteiger partial charge in [-0.3, -0.25) is 0 Å². The molecule has 0 aromatic rings. The van der Waals surface area contributed by atoms with E-state index in [2.05, 4.69) is 18.7 Å². The Kier molecular flexibility index (Phi) is 24.6. The van der Waals surface area contributed by atoms with E-state index in [0.717, 1.165) is 36.0 Å². The normalized spacial score (nSPS) is 44.3. The molecule has 0 aliphatic carbocycles. The fraction of sp³-hybridized carbons (Fsp3) is 0.840. The van der Waals surface area contributed by atoms with Crippen molar-refractivity contribution in [3.05, 3.63) is 47.6 Å². The summed E-state index contributed by atoms with van der Waals surface area (Å²) in [4.78, 5) is 0. The summed E-state index contributed by atoms with van der Waals surface area (Å²) < 4.78 is 57.5. The van der Waals surface area contributed by atoms with Crippen LogP contribution in [0, 0.1) is 0 Å². The van der Waals surface area contributed by atoms with Gasteiger partial charge in [0.05, 0.1) is 44.2 Å². The van der Waals surface area contributed by atoms with Crippen LogP contribution >= 0.6 is 0 Å². The van der Waals surface area contributed by atoms with Crippen molar-refractivity contribution >= 4 is 0 Å². The van der Waals surface area contributed by atoms with Crippen molar-refractivity contribution in [2.75, 3.05) is 26.4 Å². The highest BCUT2D eigenvalue weighted by Crippen LogP contribution is 2.35. The van der Waals surface area contributed by atoms with Crippen LogP contribution in [0.15, 0.2) is 47.6 Å². The lowest BCUT2D eigenvalue weighted by atomic mass is 9.95. The lowest BCUT2D eigenvalue weighted by Crippen LogP contribution is -2.65. The zero-order chi connectivity index (χ0) is 55.6. The summed E-state index contributed by atoms with van der Waals surface area (Å²) in [7, 11) is 0. The quantitative estimate of drug-likeness (QED) is 0.0413. The second-order valence-corrected chi connectivity index (χ2v) is 20.5. The third-order valence-corrected chi connectivity index (χ3v) is 14.4. The summed E-state index contributed by atoms with van der Waals surface area (Å²) in [6, 6.07) is 0. The van der Waals surface area contributed by atoms with Crippen LogP contribution in [0.2, 0.25) is 0 Å². The van der Waals surface area contributed by atoms with Gasteiger partial charge in [-0.2, -0.15) is 0 Å². The smallest absolute Gasteiger partial charge is 0.188 e. The lowest BCUT2D eigenvalue weighted by Gasteiger charge is -2.47.